The van der Waals surface area contributed by atoms with Crippen LogP contribution in [0.4, 0.5) is 4.39 Å². The first-order chi connectivity index (χ1) is 13.0. The molecule has 0 unspecified atom stereocenters. The van der Waals surface area contributed by atoms with E-state index >= 15 is 0 Å². The minimum Gasteiger partial charge on any atom is -0.462 e. The molecule has 4 heteroatoms. The number of rotatable bonds is 5. The summed E-state index contributed by atoms with van der Waals surface area (Å²) < 4.78 is 18.8. The Balaban J connectivity index is 1.36. The van der Waals surface area contributed by atoms with E-state index in [1.54, 1.807) is 11.1 Å². The van der Waals surface area contributed by atoms with Crippen LogP contribution in [0.3, 0.4) is 0 Å². The number of hydrogen-bond donors (Lipinski definition) is 1. The Bertz CT molecular complexity index is 741. The minimum atomic E-state index is -0.205. The smallest absolute Gasteiger partial charge is 0.310 e. The lowest BCUT2D eigenvalue weighted by Gasteiger charge is -2.45. The van der Waals surface area contributed by atoms with Crippen molar-refractivity contribution in [3.63, 3.8) is 0 Å². The predicted octanol–water partition coefficient (Wildman–Crippen LogP) is 4.42. The van der Waals surface area contributed by atoms with Gasteiger partial charge in [0.2, 0.25) is 0 Å². The van der Waals surface area contributed by atoms with E-state index in [1.165, 1.54) is 31.4 Å². The lowest BCUT2D eigenvalue weighted by atomic mass is 9.59. The Morgan fingerprint density at radius 3 is 2.85 bits per heavy atom. The second-order valence-corrected chi connectivity index (χ2v) is 8.91. The number of esters is 1. The average molecular weight is 371 g/mol. The summed E-state index contributed by atoms with van der Waals surface area (Å²) >= 11 is 0. The topological polar surface area (TPSA) is 38.3 Å². The molecule has 1 aliphatic heterocycles. The molecule has 4 atom stereocenters. The molecule has 0 radical (unpaired) electrons. The van der Waals surface area contributed by atoms with Crippen LogP contribution in [0.1, 0.15) is 51.5 Å². The zero-order valence-corrected chi connectivity index (χ0v) is 16.4. The van der Waals surface area contributed by atoms with E-state index in [9.17, 15) is 9.18 Å². The summed E-state index contributed by atoms with van der Waals surface area (Å²) in [5.41, 5.74) is 4.48. The molecule has 1 aromatic rings. The molecule has 1 aromatic carbocycles. The van der Waals surface area contributed by atoms with Gasteiger partial charge in [0.05, 0.1) is 5.92 Å². The number of hydrogen-bond acceptors (Lipinski definition) is 3. The van der Waals surface area contributed by atoms with Gasteiger partial charge in [0, 0.05) is 12.5 Å². The van der Waals surface area contributed by atoms with Gasteiger partial charge in [-0.2, -0.15) is 0 Å². The molecule has 27 heavy (non-hydrogen) atoms. The van der Waals surface area contributed by atoms with Gasteiger partial charge in [-0.25, -0.2) is 4.39 Å². The minimum absolute atomic E-state index is 0.0280. The van der Waals surface area contributed by atoms with Crippen molar-refractivity contribution in [1.82, 2.24) is 5.32 Å². The molecule has 2 fully saturated rings. The highest BCUT2D eigenvalue weighted by atomic mass is 19.1. The maximum atomic E-state index is 13.0. The molecular formula is C23H30FNO2. The number of halogens is 1. The van der Waals surface area contributed by atoms with E-state index < -0.39 is 0 Å². The highest BCUT2D eigenvalue weighted by Crippen LogP contribution is 2.54. The van der Waals surface area contributed by atoms with Crippen molar-refractivity contribution in [2.24, 2.45) is 17.3 Å². The Morgan fingerprint density at radius 1 is 1.30 bits per heavy atom. The van der Waals surface area contributed by atoms with Crippen LogP contribution >= 0.6 is 0 Å². The first-order valence-corrected chi connectivity index (χ1v) is 10.3. The lowest BCUT2D eigenvalue weighted by Crippen LogP contribution is -2.40. The van der Waals surface area contributed by atoms with Crippen LogP contribution in [0, 0.1) is 23.1 Å². The van der Waals surface area contributed by atoms with Gasteiger partial charge in [0.1, 0.15) is 11.9 Å². The molecule has 0 amide bonds. The third-order valence-corrected chi connectivity index (χ3v) is 7.05. The second kappa shape index (κ2) is 7.38. The molecular weight excluding hydrogens is 341 g/mol. The van der Waals surface area contributed by atoms with Crippen LogP contribution in [0.25, 0.3) is 0 Å². The van der Waals surface area contributed by atoms with Crippen LogP contribution in [0.5, 0.6) is 0 Å². The molecule has 0 aromatic heterocycles. The maximum absolute atomic E-state index is 13.0. The fourth-order valence-electron chi connectivity index (χ4n) is 5.49. The molecule has 1 saturated carbocycles. The molecule has 1 saturated heterocycles. The molecule has 2 aliphatic carbocycles. The quantitative estimate of drug-likeness (QED) is 0.473. The van der Waals surface area contributed by atoms with Gasteiger partial charge in [-0.1, -0.05) is 30.2 Å². The van der Waals surface area contributed by atoms with Gasteiger partial charge in [-0.15, -0.1) is 0 Å². The Morgan fingerprint density at radius 2 is 2.07 bits per heavy atom. The Labute approximate surface area is 161 Å². The summed E-state index contributed by atoms with van der Waals surface area (Å²) in [5.74, 6) is 0.0322. The van der Waals surface area contributed by atoms with Gasteiger partial charge >= 0.3 is 5.97 Å². The van der Waals surface area contributed by atoms with Crippen molar-refractivity contribution in [2.75, 3.05) is 13.1 Å². The second-order valence-electron chi connectivity index (χ2n) is 8.91. The number of ether oxygens (including phenoxy) is 1. The van der Waals surface area contributed by atoms with Gasteiger partial charge < -0.3 is 10.1 Å². The molecule has 3 aliphatic rings. The number of nitrogens with one attached hydrogen (secondary N) is 1. The molecule has 146 valence electrons. The van der Waals surface area contributed by atoms with Crippen LogP contribution < -0.4 is 5.32 Å². The van der Waals surface area contributed by atoms with E-state index in [-0.39, 0.29) is 29.2 Å². The van der Waals surface area contributed by atoms with Crippen molar-refractivity contribution < 1.29 is 13.9 Å². The molecule has 0 spiro atoms. The molecule has 4 rings (SSSR count). The molecule has 1 heterocycles. The van der Waals surface area contributed by atoms with Crippen molar-refractivity contribution in [3.05, 3.63) is 46.8 Å². The fourth-order valence-corrected chi connectivity index (χ4v) is 5.49. The van der Waals surface area contributed by atoms with Crippen LogP contribution in [0.2, 0.25) is 0 Å². The summed E-state index contributed by atoms with van der Waals surface area (Å²) in [5, 5.41) is 3.44. The number of fused-ring (bicyclic) bond motifs is 2. The summed E-state index contributed by atoms with van der Waals surface area (Å²) in [6.07, 6.45) is 6.61. The highest BCUT2D eigenvalue weighted by molar-refractivity contribution is 5.76. The number of carbonyl (C=O) groups is 1. The standard InChI is InChI=1S/C23H30FNO2/c1-15-4-3-10-23(2)13-21-18(12-20(15)23)19(22(26)27-21)14-25-11-9-16-5-7-17(24)8-6-16/h5-8,18-19,21,25H,3-4,9-14H2,1-2H3/t18-,19+,21+,23+/m0/s1. The summed E-state index contributed by atoms with van der Waals surface area (Å²) in [6.45, 7) is 6.10. The van der Waals surface area contributed by atoms with Gasteiger partial charge in [0.15, 0.2) is 0 Å². The molecule has 1 N–H and O–H groups in total. The number of allylic oxidation sites excluding steroid dienone is 2. The van der Waals surface area contributed by atoms with Gasteiger partial charge in [-0.05, 0) is 75.1 Å². The summed E-state index contributed by atoms with van der Waals surface area (Å²) in [4.78, 5) is 12.5. The molecule has 0 bridgehead atoms. The van der Waals surface area contributed by atoms with E-state index in [1.807, 2.05) is 12.1 Å². The third kappa shape index (κ3) is 3.69. The van der Waals surface area contributed by atoms with E-state index in [0.29, 0.717) is 12.5 Å². The van der Waals surface area contributed by atoms with Gasteiger partial charge in [-0.3, -0.25) is 4.79 Å². The first kappa shape index (κ1) is 18.7. The summed E-state index contributed by atoms with van der Waals surface area (Å²) in [6, 6.07) is 6.62. The first-order valence-electron chi connectivity index (χ1n) is 10.3. The monoisotopic (exact) mass is 371 g/mol. The van der Waals surface area contributed by atoms with Crippen molar-refractivity contribution in [2.45, 2.75) is 58.5 Å². The SMILES string of the molecule is CC1=C2C[C@@H]3[C@@H](C[C@@]2(C)CCC1)OC(=O)[C@@H]3CNCCc1ccc(F)cc1. The van der Waals surface area contributed by atoms with Crippen LogP contribution in [-0.2, 0) is 16.0 Å². The van der Waals surface area contributed by atoms with Crippen molar-refractivity contribution in [1.29, 1.82) is 0 Å². The third-order valence-electron chi connectivity index (χ3n) is 7.05. The average Bonchev–Trinajstić information content (AvgIpc) is 2.92. The zero-order chi connectivity index (χ0) is 19.0. The van der Waals surface area contributed by atoms with Crippen molar-refractivity contribution >= 4 is 5.97 Å². The normalized spacial score (nSPS) is 32.9. The van der Waals surface area contributed by atoms with E-state index in [0.717, 1.165) is 31.4 Å². The summed E-state index contributed by atoms with van der Waals surface area (Å²) in [7, 11) is 0. The number of carbonyl (C=O) groups excluding carboxylic acids is 1. The number of benzene rings is 1. The lowest BCUT2D eigenvalue weighted by molar-refractivity contribution is -0.145. The van der Waals surface area contributed by atoms with Crippen LogP contribution in [-0.4, -0.2) is 25.2 Å². The molecule has 3 nitrogen and oxygen atoms in total. The zero-order valence-electron chi connectivity index (χ0n) is 16.4. The van der Waals surface area contributed by atoms with Crippen molar-refractivity contribution in [3.8, 4) is 0 Å². The highest BCUT2D eigenvalue weighted by Gasteiger charge is 2.52. The van der Waals surface area contributed by atoms with Gasteiger partial charge in [0.25, 0.3) is 0 Å². The Hall–Kier alpha value is -1.68. The largest absolute Gasteiger partial charge is 0.462 e. The fraction of sp³-hybridized carbons (Fsp3) is 0.609. The van der Waals surface area contributed by atoms with E-state index in [2.05, 4.69) is 19.2 Å². The predicted molar refractivity (Wildman–Crippen MR) is 104 cm³/mol. The van der Waals surface area contributed by atoms with E-state index in [4.69, 9.17) is 4.74 Å². The Kier molecular flexibility index (Phi) is 5.11. The maximum Gasteiger partial charge on any atom is 0.310 e. The van der Waals surface area contributed by atoms with Crippen LogP contribution in [0.15, 0.2) is 35.4 Å².